The molecule has 148 valence electrons. The first-order valence-corrected chi connectivity index (χ1v) is 10.7. The quantitative estimate of drug-likeness (QED) is 0.707. The fourth-order valence-corrected chi connectivity index (χ4v) is 4.73. The molecule has 0 aromatic heterocycles. The van der Waals surface area contributed by atoms with Crippen molar-refractivity contribution >= 4 is 21.8 Å². The van der Waals surface area contributed by atoms with Crippen LogP contribution in [0.3, 0.4) is 0 Å². The number of hydrogen-bond acceptors (Lipinski definition) is 4. The molecule has 1 aliphatic heterocycles. The number of nitrogens with zero attached hydrogens (tertiary/aromatic N) is 1. The zero-order valence-electron chi connectivity index (χ0n) is 15.6. The highest BCUT2D eigenvalue weighted by Gasteiger charge is 2.28. The van der Waals surface area contributed by atoms with Crippen LogP contribution in [0.15, 0.2) is 83.8 Å². The van der Waals surface area contributed by atoms with Gasteiger partial charge in [-0.05, 0) is 53.9 Å². The molecule has 1 N–H and O–H groups in total. The van der Waals surface area contributed by atoms with Crippen molar-refractivity contribution in [3.63, 3.8) is 0 Å². The number of amides is 1. The summed E-state index contributed by atoms with van der Waals surface area (Å²) in [6, 6.07) is 22.7. The van der Waals surface area contributed by atoms with E-state index in [2.05, 4.69) is 5.32 Å². The lowest BCUT2D eigenvalue weighted by Crippen LogP contribution is -2.36. The van der Waals surface area contributed by atoms with Gasteiger partial charge in [-0.1, -0.05) is 42.5 Å². The number of carbonyl (C=O) groups is 1. The van der Waals surface area contributed by atoms with Crippen LogP contribution in [0, 0.1) is 0 Å². The molecular weight excluding hydrogens is 388 g/mol. The highest BCUT2D eigenvalue weighted by molar-refractivity contribution is 7.89. The SMILES string of the molecule is O=C(Nc1ccc2c(c1)CN(S(=O)(=O)c1ccccc1)CC2)Oc1ccccc1. The molecule has 1 aliphatic rings. The normalized spacial score (nSPS) is 14.1. The van der Waals surface area contributed by atoms with E-state index in [1.807, 2.05) is 12.1 Å². The Hall–Kier alpha value is -3.16. The van der Waals surface area contributed by atoms with Crippen molar-refractivity contribution in [2.24, 2.45) is 0 Å². The van der Waals surface area contributed by atoms with Crippen LogP contribution < -0.4 is 10.1 Å². The lowest BCUT2D eigenvalue weighted by Gasteiger charge is -2.28. The molecule has 0 saturated carbocycles. The van der Waals surface area contributed by atoms with E-state index in [-0.39, 0.29) is 11.4 Å². The molecule has 3 aromatic carbocycles. The molecule has 6 nitrogen and oxygen atoms in total. The minimum absolute atomic E-state index is 0.260. The molecule has 0 radical (unpaired) electrons. The number of carbonyl (C=O) groups excluding carboxylic acids is 1. The smallest absolute Gasteiger partial charge is 0.410 e. The predicted octanol–water partition coefficient (Wildman–Crippen LogP) is 4.04. The van der Waals surface area contributed by atoms with Crippen molar-refractivity contribution in [3.05, 3.63) is 90.0 Å². The molecule has 1 amide bonds. The topological polar surface area (TPSA) is 75.7 Å². The molecular formula is C22H20N2O4S. The van der Waals surface area contributed by atoms with Crippen LogP contribution in [0.25, 0.3) is 0 Å². The second-order valence-corrected chi connectivity index (χ2v) is 8.65. The van der Waals surface area contributed by atoms with Gasteiger partial charge >= 0.3 is 6.09 Å². The largest absolute Gasteiger partial charge is 0.417 e. The summed E-state index contributed by atoms with van der Waals surface area (Å²) < 4.78 is 32.5. The number of para-hydroxylation sites is 1. The van der Waals surface area contributed by atoms with Gasteiger partial charge in [0, 0.05) is 18.8 Å². The molecule has 0 atom stereocenters. The molecule has 0 fully saturated rings. The highest BCUT2D eigenvalue weighted by atomic mass is 32.2. The zero-order chi connectivity index (χ0) is 20.3. The maximum Gasteiger partial charge on any atom is 0.417 e. The summed E-state index contributed by atoms with van der Waals surface area (Å²) in [6.45, 7) is 0.683. The van der Waals surface area contributed by atoms with Crippen LogP contribution in [0.5, 0.6) is 5.75 Å². The van der Waals surface area contributed by atoms with Gasteiger partial charge in [0.1, 0.15) is 5.75 Å². The monoisotopic (exact) mass is 408 g/mol. The molecule has 0 bridgehead atoms. The molecule has 0 spiro atoms. The molecule has 0 unspecified atom stereocenters. The summed E-state index contributed by atoms with van der Waals surface area (Å²) in [5.74, 6) is 0.447. The number of rotatable bonds is 4. The van der Waals surface area contributed by atoms with Crippen LogP contribution >= 0.6 is 0 Å². The van der Waals surface area contributed by atoms with Gasteiger partial charge in [0.2, 0.25) is 10.0 Å². The average molecular weight is 408 g/mol. The van der Waals surface area contributed by atoms with Gasteiger partial charge in [0.25, 0.3) is 0 Å². The molecule has 29 heavy (non-hydrogen) atoms. The lowest BCUT2D eigenvalue weighted by atomic mass is 10.0. The van der Waals surface area contributed by atoms with E-state index < -0.39 is 16.1 Å². The second-order valence-electron chi connectivity index (χ2n) is 6.71. The third-order valence-corrected chi connectivity index (χ3v) is 6.62. The van der Waals surface area contributed by atoms with Gasteiger partial charge < -0.3 is 4.74 Å². The van der Waals surface area contributed by atoms with E-state index in [9.17, 15) is 13.2 Å². The Kier molecular flexibility index (Phi) is 5.33. The summed E-state index contributed by atoms with van der Waals surface area (Å²) in [5.41, 5.74) is 2.50. The third kappa shape index (κ3) is 4.31. The van der Waals surface area contributed by atoms with E-state index in [0.29, 0.717) is 24.4 Å². The first-order valence-electron chi connectivity index (χ1n) is 9.23. The molecule has 4 rings (SSSR count). The Bertz CT molecular complexity index is 1120. The van der Waals surface area contributed by atoms with Crippen molar-refractivity contribution in [3.8, 4) is 5.75 Å². The minimum atomic E-state index is -3.56. The number of nitrogens with one attached hydrogen (secondary N) is 1. The van der Waals surface area contributed by atoms with E-state index in [1.165, 1.54) is 4.31 Å². The van der Waals surface area contributed by atoms with Gasteiger partial charge in [-0.15, -0.1) is 0 Å². The molecule has 3 aromatic rings. The molecule has 1 heterocycles. The summed E-state index contributed by atoms with van der Waals surface area (Å²) >= 11 is 0. The van der Waals surface area contributed by atoms with E-state index in [0.717, 1.165) is 11.1 Å². The molecule has 7 heteroatoms. The number of anilines is 1. The summed E-state index contributed by atoms with van der Waals surface area (Å²) in [4.78, 5) is 12.4. The fraction of sp³-hybridized carbons (Fsp3) is 0.136. The van der Waals surface area contributed by atoms with Crippen molar-refractivity contribution in [1.29, 1.82) is 0 Å². The first-order chi connectivity index (χ1) is 14.0. The van der Waals surface area contributed by atoms with E-state index >= 15 is 0 Å². The standard InChI is InChI=1S/C22H20N2O4S/c25-22(28-20-7-3-1-4-8-20)23-19-12-11-17-13-14-24(16-18(17)15-19)29(26,27)21-9-5-2-6-10-21/h1-12,15H,13-14,16H2,(H,23,25). The number of hydrogen-bond donors (Lipinski definition) is 1. The summed E-state index contributed by atoms with van der Waals surface area (Å²) in [5, 5.41) is 2.70. The van der Waals surface area contributed by atoms with E-state index in [1.54, 1.807) is 66.7 Å². The van der Waals surface area contributed by atoms with E-state index in [4.69, 9.17) is 4.74 Å². The second kappa shape index (κ2) is 8.06. The Balaban J connectivity index is 1.49. The van der Waals surface area contributed by atoms with Gasteiger partial charge in [-0.25, -0.2) is 13.2 Å². The maximum absolute atomic E-state index is 12.9. The number of sulfonamides is 1. The molecule has 0 aliphatic carbocycles. The Morgan fingerprint density at radius 3 is 2.31 bits per heavy atom. The number of benzene rings is 3. The maximum atomic E-state index is 12.9. The van der Waals surface area contributed by atoms with Crippen molar-refractivity contribution in [2.75, 3.05) is 11.9 Å². The number of fused-ring (bicyclic) bond motifs is 1. The minimum Gasteiger partial charge on any atom is -0.410 e. The van der Waals surface area contributed by atoms with Gasteiger partial charge in [0.15, 0.2) is 0 Å². The van der Waals surface area contributed by atoms with Crippen molar-refractivity contribution in [1.82, 2.24) is 4.31 Å². The van der Waals surface area contributed by atoms with Crippen molar-refractivity contribution in [2.45, 2.75) is 17.9 Å². The first kappa shape index (κ1) is 19.2. The summed E-state index contributed by atoms with van der Waals surface area (Å²) in [6.07, 6.45) is 0.0246. The Morgan fingerprint density at radius 2 is 1.59 bits per heavy atom. The van der Waals surface area contributed by atoms with Crippen molar-refractivity contribution < 1.29 is 17.9 Å². The highest BCUT2D eigenvalue weighted by Crippen LogP contribution is 2.27. The Morgan fingerprint density at radius 1 is 0.897 bits per heavy atom. The number of ether oxygens (including phenoxy) is 1. The average Bonchev–Trinajstić information content (AvgIpc) is 2.74. The van der Waals surface area contributed by atoms with Gasteiger partial charge in [-0.3, -0.25) is 5.32 Å². The van der Waals surface area contributed by atoms with Gasteiger partial charge in [-0.2, -0.15) is 4.31 Å². The van der Waals surface area contributed by atoms with Crippen LogP contribution in [0.4, 0.5) is 10.5 Å². The predicted molar refractivity (Wildman–Crippen MR) is 110 cm³/mol. The van der Waals surface area contributed by atoms with Crippen LogP contribution in [-0.2, 0) is 23.0 Å². The summed E-state index contributed by atoms with van der Waals surface area (Å²) in [7, 11) is -3.56. The zero-order valence-corrected chi connectivity index (χ0v) is 16.4. The van der Waals surface area contributed by atoms with Gasteiger partial charge in [0.05, 0.1) is 4.90 Å². The van der Waals surface area contributed by atoms with Crippen LogP contribution in [0.2, 0.25) is 0 Å². The Labute approximate surface area is 169 Å². The van der Waals surface area contributed by atoms with Crippen LogP contribution in [0.1, 0.15) is 11.1 Å². The third-order valence-electron chi connectivity index (χ3n) is 4.76. The molecule has 0 saturated heterocycles. The fourth-order valence-electron chi connectivity index (χ4n) is 3.29. The van der Waals surface area contributed by atoms with Crippen LogP contribution in [-0.4, -0.2) is 25.4 Å². The lowest BCUT2D eigenvalue weighted by molar-refractivity contribution is 0.215.